The van der Waals surface area contributed by atoms with Gasteiger partial charge in [-0.1, -0.05) is 6.07 Å². The number of rotatable bonds is 6. The van der Waals surface area contributed by atoms with Gasteiger partial charge in [-0.3, -0.25) is 4.98 Å². The van der Waals surface area contributed by atoms with Crippen molar-refractivity contribution >= 4 is 12.0 Å². The predicted octanol–water partition coefficient (Wildman–Crippen LogP) is 0.0586. The maximum absolute atomic E-state index is 11.8. The highest BCUT2D eigenvalue weighted by Crippen LogP contribution is 2.02. The fourth-order valence-corrected chi connectivity index (χ4v) is 1.48. The molecular formula is C12H17N3O4. The minimum Gasteiger partial charge on any atom is -0.480 e. The lowest BCUT2D eigenvalue weighted by atomic mass is 10.2. The summed E-state index contributed by atoms with van der Waals surface area (Å²) in [6, 6.07) is 1.98. The summed E-state index contributed by atoms with van der Waals surface area (Å²) in [7, 11) is 1.56. The SMILES string of the molecule is CN(Cc1cccnc1)C(=O)N[C@@H](CCO)C(=O)O. The van der Waals surface area contributed by atoms with Crippen molar-refractivity contribution in [1.29, 1.82) is 0 Å². The summed E-state index contributed by atoms with van der Waals surface area (Å²) in [6.45, 7) is 0.0225. The quantitative estimate of drug-likeness (QED) is 0.676. The van der Waals surface area contributed by atoms with Crippen molar-refractivity contribution in [2.45, 2.75) is 19.0 Å². The van der Waals surface area contributed by atoms with Crippen LogP contribution in [0.1, 0.15) is 12.0 Å². The number of carboxylic acid groups (broad SMARTS) is 1. The summed E-state index contributed by atoms with van der Waals surface area (Å²) in [6.07, 6.45) is 3.24. The molecule has 7 heteroatoms. The molecule has 1 aromatic heterocycles. The van der Waals surface area contributed by atoms with E-state index in [9.17, 15) is 9.59 Å². The molecule has 104 valence electrons. The largest absolute Gasteiger partial charge is 0.480 e. The first-order valence-corrected chi connectivity index (χ1v) is 5.78. The van der Waals surface area contributed by atoms with Crippen molar-refractivity contribution in [2.24, 2.45) is 0 Å². The van der Waals surface area contributed by atoms with Gasteiger partial charge >= 0.3 is 12.0 Å². The molecule has 0 aliphatic rings. The van der Waals surface area contributed by atoms with Gasteiger partial charge in [-0.15, -0.1) is 0 Å². The molecule has 2 amide bonds. The Bertz CT molecular complexity index is 424. The number of urea groups is 1. The maximum atomic E-state index is 11.8. The number of amides is 2. The van der Waals surface area contributed by atoms with E-state index < -0.39 is 18.0 Å². The molecule has 1 atom stereocenters. The third kappa shape index (κ3) is 4.92. The van der Waals surface area contributed by atoms with Crippen molar-refractivity contribution in [3.05, 3.63) is 30.1 Å². The Morgan fingerprint density at radius 2 is 2.26 bits per heavy atom. The van der Waals surface area contributed by atoms with Gasteiger partial charge in [0, 0.05) is 39.0 Å². The lowest BCUT2D eigenvalue weighted by Gasteiger charge is -2.21. The lowest BCUT2D eigenvalue weighted by molar-refractivity contribution is -0.139. The smallest absolute Gasteiger partial charge is 0.326 e. The molecule has 0 fully saturated rings. The number of aliphatic hydroxyl groups excluding tert-OH is 1. The second kappa shape index (κ2) is 7.32. The summed E-state index contributed by atoms with van der Waals surface area (Å²) in [5, 5.41) is 20.0. The molecule has 3 N–H and O–H groups in total. The highest BCUT2D eigenvalue weighted by Gasteiger charge is 2.21. The number of nitrogens with one attached hydrogen (secondary N) is 1. The van der Waals surface area contributed by atoms with Crippen LogP contribution in [-0.4, -0.2) is 51.8 Å². The average molecular weight is 267 g/mol. The number of aliphatic carboxylic acids is 1. The van der Waals surface area contributed by atoms with Gasteiger partial charge in [0.15, 0.2) is 0 Å². The minimum absolute atomic E-state index is 0.0260. The van der Waals surface area contributed by atoms with Gasteiger partial charge in [0.25, 0.3) is 0 Å². The van der Waals surface area contributed by atoms with Crippen LogP contribution in [0.5, 0.6) is 0 Å². The number of carboxylic acids is 1. The van der Waals surface area contributed by atoms with E-state index in [1.807, 2.05) is 6.07 Å². The monoisotopic (exact) mass is 267 g/mol. The van der Waals surface area contributed by atoms with Crippen molar-refractivity contribution < 1.29 is 19.8 Å². The van der Waals surface area contributed by atoms with Crippen LogP contribution in [0.2, 0.25) is 0 Å². The van der Waals surface area contributed by atoms with Gasteiger partial charge in [0.05, 0.1) is 0 Å². The number of aliphatic hydroxyl groups is 1. The standard InChI is InChI=1S/C12H17N3O4/c1-15(8-9-3-2-5-13-7-9)12(19)14-10(4-6-16)11(17)18/h2-3,5,7,10,16H,4,6,8H2,1H3,(H,14,19)(H,17,18)/t10-/m0/s1. The molecule has 1 aromatic rings. The Kier molecular flexibility index (Phi) is 5.74. The summed E-state index contributed by atoms with van der Waals surface area (Å²) in [5.74, 6) is -1.17. The van der Waals surface area contributed by atoms with Crippen LogP contribution in [-0.2, 0) is 11.3 Å². The molecule has 0 spiro atoms. The Morgan fingerprint density at radius 1 is 1.53 bits per heavy atom. The highest BCUT2D eigenvalue weighted by molar-refractivity contribution is 5.82. The van der Waals surface area contributed by atoms with Crippen molar-refractivity contribution in [3.63, 3.8) is 0 Å². The molecule has 1 heterocycles. The van der Waals surface area contributed by atoms with Crippen molar-refractivity contribution in [2.75, 3.05) is 13.7 Å². The summed E-state index contributed by atoms with van der Waals surface area (Å²) in [5.41, 5.74) is 0.842. The topological polar surface area (TPSA) is 103 Å². The summed E-state index contributed by atoms with van der Waals surface area (Å²) < 4.78 is 0. The summed E-state index contributed by atoms with van der Waals surface area (Å²) >= 11 is 0. The zero-order valence-electron chi connectivity index (χ0n) is 10.6. The van der Waals surface area contributed by atoms with E-state index >= 15 is 0 Å². The van der Waals surface area contributed by atoms with Gasteiger partial charge < -0.3 is 20.4 Å². The highest BCUT2D eigenvalue weighted by atomic mass is 16.4. The van der Waals surface area contributed by atoms with E-state index in [-0.39, 0.29) is 13.0 Å². The third-order valence-electron chi connectivity index (χ3n) is 2.50. The van der Waals surface area contributed by atoms with E-state index in [2.05, 4.69) is 10.3 Å². The summed E-state index contributed by atoms with van der Waals surface area (Å²) in [4.78, 5) is 27.9. The molecule has 7 nitrogen and oxygen atoms in total. The molecule has 0 unspecified atom stereocenters. The van der Waals surface area contributed by atoms with Gasteiger partial charge in [0.2, 0.25) is 0 Å². The Balaban J connectivity index is 2.54. The molecule has 0 saturated heterocycles. The van der Waals surface area contributed by atoms with Crippen LogP contribution in [0.4, 0.5) is 4.79 Å². The molecule has 0 aliphatic heterocycles. The number of hydrogen-bond donors (Lipinski definition) is 3. The predicted molar refractivity (Wildman–Crippen MR) is 67.4 cm³/mol. The number of hydrogen-bond acceptors (Lipinski definition) is 4. The van der Waals surface area contributed by atoms with Gasteiger partial charge in [-0.2, -0.15) is 0 Å². The van der Waals surface area contributed by atoms with Crippen LogP contribution in [0, 0.1) is 0 Å². The molecule has 19 heavy (non-hydrogen) atoms. The zero-order chi connectivity index (χ0) is 14.3. The Hall–Kier alpha value is -2.15. The van der Waals surface area contributed by atoms with Crippen molar-refractivity contribution in [1.82, 2.24) is 15.2 Å². The van der Waals surface area contributed by atoms with E-state index in [0.29, 0.717) is 6.54 Å². The first kappa shape index (κ1) is 14.9. The van der Waals surface area contributed by atoms with E-state index in [0.717, 1.165) is 5.56 Å². The molecular weight excluding hydrogens is 250 g/mol. The molecule has 0 aromatic carbocycles. The van der Waals surface area contributed by atoms with Gasteiger partial charge in [-0.05, 0) is 11.6 Å². The molecule has 1 rings (SSSR count). The van der Waals surface area contributed by atoms with Gasteiger partial charge in [0.1, 0.15) is 6.04 Å². The van der Waals surface area contributed by atoms with Gasteiger partial charge in [-0.25, -0.2) is 9.59 Å². The zero-order valence-corrected chi connectivity index (χ0v) is 10.6. The van der Waals surface area contributed by atoms with E-state index in [1.54, 1.807) is 25.5 Å². The maximum Gasteiger partial charge on any atom is 0.326 e. The third-order valence-corrected chi connectivity index (χ3v) is 2.50. The van der Waals surface area contributed by atoms with Crippen LogP contribution in [0.3, 0.4) is 0 Å². The van der Waals surface area contributed by atoms with Crippen LogP contribution in [0.15, 0.2) is 24.5 Å². The van der Waals surface area contributed by atoms with Crippen LogP contribution in [0.25, 0.3) is 0 Å². The number of nitrogens with zero attached hydrogens (tertiary/aromatic N) is 2. The number of carbonyl (C=O) groups is 2. The first-order valence-electron chi connectivity index (χ1n) is 5.78. The fourth-order valence-electron chi connectivity index (χ4n) is 1.48. The lowest BCUT2D eigenvalue weighted by Crippen LogP contribution is -2.46. The molecule has 0 aliphatic carbocycles. The minimum atomic E-state index is -1.17. The average Bonchev–Trinajstić information content (AvgIpc) is 2.39. The number of aromatic nitrogens is 1. The fraction of sp³-hybridized carbons (Fsp3) is 0.417. The van der Waals surface area contributed by atoms with Crippen molar-refractivity contribution in [3.8, 4) is 0 Å². The van der Waals surface area contributed by atoms with Crippen LogP contribution < -0.4 is 5.32 Å². The van der Waals surface area contributed by atoms with E-state index in [4.69, 9.17) is 10.2 Å². The second-order valence-corrected chi connectivity index (χ2v) is 4.07. The molecule has 0 saturated carbocycles. The number of carbonyl (C=O) groups excluding carboxylic acids is 1. The normalized spacial score (nSPS) is 11.7. The molecule has 0 bridgehead atoms. The first-order chi connectivity index (χ1) is 9.04. The number of pyridine rings is 1. The van der Waals surface area contributed by atoms with Crippen LogP contribution >= 0.6 is 0 Å². The second-order valence-electron chi connectivity index (χ2n) is 4.07. The Labute approximate surface area is 110 Å². The molecule has 0 radical (unpaired) electrons. The Morgan fingerprint density at radius 3 is 2.79 bits per heavy atom. The van der Waals surface area contributed by atoms with E-state index in [1.165, 1.54) is 4.90 Å².